The minimum atomic E-state index is -0.155. The molecule has 0 atom stereocenters. The maximum atomic E-state index is 12.3. The van der Waals surface area contributed by atoms with Crippen LogP contribution in [0.3, 0.4) is 0 Å². The van der Waals surface area contributed by atoms with Gasteiger partial charge < -0.3 is 0 Å². The van der Waals surface area contributed by atoms with Crippen LogP contribution in [0.5, 0.6) is 0 Å². The number of amides is 1. The fourth-order valence-electron chi connectivity index (χ4n) is 2.55. The molecule has 114 valence electrons. The number of hydrogen-bond donors (Lipinski definition) is 1. The van der Waals surface area contributed by atoms with Gasteiger partial charge in [-0.05, 0) is 37.1 Å². The Morgan fingerprint density at radius 1 is 1.05 bits per heavy atom. The molecular weight excluding hydrogens is 298 g/mol. The summed E-state index contributed by atoms with van der Waals surface area (Å²) in [4.78, 5) is 16.8. The number of halogens is 1. The SMILES string of the molecule is O=C(NN1CCCCC1)c1cccc(-c2ccc(Cl)cc2)n1. The summed E-state index contributed by atoms with van der Waals surface area (Å²) in [5, 5.41) is 2.66. The van der Waals surface area contributed by atoms with Gasteiger partial charge in [-0.25, -0.2) is 9.99 Å². The Kier molecular flexibility index (Phi) is 4.71. The van der Waals surface area contributed by atoms with Crippen molar-refractivity contribution in [3.05, 3.63) is 53.2 Å². The number of nitrogens with one attached hydrogen (secondary N) is 1. The highest BCUT2D eigenvalue weighted by Gasteiger charge is 2.15. The molecule has 1 aromatic heterocycles. The van der Waals surface area contributed by atoms with Crippen LogP contribution in [0.2, 0.25) is 5.02 Å². The van der Waals surface area contributed by atoms with E-state index in [9.17, 15) is 4.79 Å². The van der Waals surface area contributed by atoms with Crippen molar-refractivity contribution in [3.8, 4) is 11.3 Å². The van der Waals surface area contributed by atoms with E-state index < -0.39 is 0 Å². The summed E-state index contributed by atoms with van der Waals surface area (Å²) < 4.78 is 0. The summed E-state index contributed by atoms with van der Waals surface area (Å²) in [6.07, 6.45) is 3.48. The van der Waals surface area contributed by atoms with E-state index in [0.29, 0.717) is 10.7 Å². The zero-order valence-corrected chi connectivity index (χ0v) is 13.0. The van der Waals surface area contributed by atoms with Crippen LogP contribution in [0.4, 0.5) is 0 Å². The van der Waals surface area contributed by atoms with E-state index in [1.807, 2.05) is 41.4 Å². The van der Waals surface area contributed by atoms with Crippen LogP contribution >= 0.6 is 11.6 Å². The molecule has 2 aromatic rings. The molecular formula is C17H18ClN3O. The normalized spacial score (nSPS) is 15.5. The lowest BCUT2D eigenvalue weighted by atomic mass is 10.1. The molecule has 0 unspecified atom stereocenters. The first kappa shape index (κ1) is 15.0. The Morgan fingerprint density at radius 2 is 1.77 bits per heavy atom. The second-order valence-electron chi connectivity index (χ2n) is 5.40. The van der Waals surface area contributed by atoms with Crippen molar-refractivity contribution < 1.29 is 4.79 Å². The number of rotatable bonds is 3. The maximum Gasteiger partial charge on any atom is 0.284 e. The largest absolute Gasteiger partial charge is 0.284 e. The van der Waals surface area contributed by atoms with Crippen molar-refractivity contribution in [1.29, 1.82) is 0 Å². The zero-order valence-electron chi connectivity index (χ0n) is 12.3. The van der Waals surface area contributed by atoms with Gasteiger partial charge in [0.1, 0.15) is 5.69 Å². The number of pyridine rings is 1. The number of nitrogens with zero attached hydrogens (tertiary/aromatic N) is 2. The molecule has 2 heterocycles. The molecule has 1 fully saturated rings. The lowest BCUT2D eigenvalue weighted by molar-refractivity contribution is 0.0745. The van der Waals surface area contributed by atoms with Gasteiger partial charge in [0.15, 0.2) is 0 Å². The average Bonchev–Trinajstić information content (AvgIpc) is 2.56. The summed E-state index contributed by atoms with van der Waals surface area (Å²) in [5.74, 6) is -0.155. The summed E-state index contributed by atoms with van der Waals surface area (Å²) in [6.45, 7) is 1.81. The molecule has 1 N–H and O–H groups in total. The van der Waals surface area contributed by atoms with Gasteiger partial charge in [0, 0.05) is 23.7 Å². The topological polar surface area (TPSA) is 45.2 Å². The van der Waals surface area contributed by atoms with Crippen LogP contribution in [0.15, 0.2) is 42.5 Å². The summed E-state index contributed by atoms with van der Waals surface area (Å²) >= 11 is 5.90. The molecule has 22 heavy (non-hydrogen) atoms. The Morgan fingerprint density at radius 3 is 2.50 bits per heavy atom. The molecule has 4 nitrogen and oxygen atoms in total. The summed E-state index contributed by atoms with van der Waals surface area (Å²) in [6, 6.07) is 12.9. The Hall–Kier alpha value is -1.91. The highest BCUT2D eigenvalue weighted by atomic mass is 35.5. The second-order valence-corrected chi connectivity index (χ2v) is 5.84. The van der Waals surface area contributed by atoms with Gasteiger partial charge in [-0.2, -0.15) is 0 Å². The monoisotopic (exact) mass is 315 g/mol. The highest BCUT2D eigenvalue weighted by Crippen LogP contribution is 2.20. The molecule has 3 rings (SSSR count). The first-order valence-corrected chi connectivity index (χ1v) is 7.89. The molecule has 0 saturated carbocycles. The number of aromatic nitrogens is 1. The van der Waals surface area contributed by atoms with Gasteiger partial charge >= 0.3 is 0 Å². The number of hydrogen-bond acceptors (Lipinski definition) is 3. The van der Waals surface area contributed by atoms with Crippen molar-refractivity contribution >= 4 is 17.5 Å². The number of piperidine rings is 1. The highest BCUT2D eigenvalue weighted by molar-refractivity contribution is 6.30. The lowest BCUT2D eigenvalue weighted by Gasteiger charge is -2.26. The van der Waals surface area contributed by atoms with E-state index in [2.05, 4.69) is 10.4 Å². The van der Waals surface area contributed by atoms with Crippen LogP contribution in [-0.2, 0) is 0 Å². The predicted octanol–water partition coefficient (Wildman–Crippen LogP) is 3.53. The maximum absolute atomic E-state index is 12.3. The molecule has 1 aliphatic rings. The van der Waals surface area contributed by atoms with Gasteiger partial charge in [-0.3, -0.25) is 10.2 Å². The number of benzene rings is 1. The Labute approximate surface area is 135 Å². The van der Waals surface area contributed by atoms with Crippen molar-refractivity contribution in [2.24, 2.45) is 0 Å². The molecule has 0 bridgehead atoms. The Balaban J connectivity index is 1.75. The van der Waals surface area contributed by atoms with Gasteiger partial charge in [-0.15, -0.1) is 0 Å². The van der Waals surface area contributed by atoms with Crippen LogP contribution in [0.25, 0.3) is 11.3 Å². The first-order chi connectivity index (χ1) is 10.7. The third kappa shape index (κ3) is 3.64. The van der Waals surface area contributed by atoms with E-state index in [1.165, 1.54) is 6.42 Å². The summed E-state index contributed by atoms with van der Waals surface area (Å²) in [7, 11) is 0. The molecule has 0 spiro atoms. The Bertz CT molecular complexity index is 651. The van der Waals surface area contributed by atoms with E-state index in [1.54, 1.807) is 6.07 Å². The minimum Gasteiger partial charge on any atom is -0.283 e. The van der Waals surface area contributed by atoms with Gasteiger partial charge in [-0.1, -0.05) is 36.2 Å². The predicted molar refractivity (Wildman–Crippen MR) is 87.6 cm³/mol. The molecule has 1 aromatic carbocycles. The van der Waals surface area contributed by atoms with Gasteiger partial charge in [0.25, 0.3) is 5.91 Å². The molecule has 1 amide bonds. The van der Waals surface area contributed by atoms with E-state index in [0.717, 1.165) is 37.2 Å². The van der Waals surface area contributed by atoms with E-state index in [4.69, 9.17) is 11.6 Å². The molecule has 5 heteroatoms. The second kappa shape index (κ2) is 6.90. The van der Waals surface area contributed by atoms with E-state index in [-0.39, 0.29) is 5.91 Å². The van der Waals surface area contributed by atoms with Crippen LogP contribution in [0.1, 0.15) is 29.8 Å². The molecule has 0 radical (unpaired) electrons. The summed E-state index contributed by atoms with van der Waals surface area (Å²) in [5.41, 5.74) is 5.07. The fraction of sp³-hybridized carbons (Fsp3) is 0.294. The van der Waals surface area contributed by atoms with Crippen molar-refractivity contribution in [2.45, 2.75) is 19.3 Å². The fourth-order valence-corrected chi connectivity index (χ4v) is 2.68. The number of hydrazine groups is 1. The number of carbonyl (C=O) groups excluding carboxylic acids is 1. The van der Waals surface area contributed by atoms with Gasteiger partial charge in [0.05, 0.1) is 5.69 Å². The van der Waals surface area contributed by atoms with Crippen LogP contribution in [-0.4, -0.2) is 29.0 Å². The number of carbonyl (C=O) groups is 1. The average molecular weight is 316 g/mol. The van der Waals surface area contributed by atoms with Crippen molar-refractivity contribution in [1.82, 2.24) is 15.4 Å². The van der Waals surface area contributed by atoms with Crippen molar-refractivity contribution in [3.63, 3.8) is 0 Å². The minimum absolute atomic E-state index is 0.155. The van der Waals surface area contributed by atoms with Crippen LogP contribution in [0, 0.1) is 0 Å². The third-order valence-corrected chi connectivity index (χ3v) is 3.99. The lowest BCUT2D eigenvalue weighted by Crippen LogP contribution is -2.45. The quantitative estimate of drug-likeness (QED) is 0.942. The first-order valence-electron chi connectivity index (χ1n) is 7.51. The molecule has 1 saturated heterocycles. The van der Waals surface area contributed by atoms with Gasteiger partial charge in [0.2, 0.25) is 0 Å². The van der Waals surface area contributed by atoms with Crippen LogP contribution < -0.4 is 5.43 Å². The van der Waals surface area contributed by atoms with Crippen molar-refractivity contribution in [2.75, 3.05) is 13.1 Å². The third-order valence-electron chi connectivity index (χ3n) is 3.74. The van der Waals surface area contributed by atoms with E-state index >= 15 is 0 Å². The smallest absolute Gasteiger partial charge is 0.283 e. The standard InChI is InChI=1S/C17H18ClN3O/c18-14-9-7-13(8-10-14)15-5-4-6-16(19-15)17(22)20-21-11-2-1-3-12-21/h4-10H,1-3,11-12H2,(H,20,22). The molecule has 1 aliphatic heterocycles. The molecule has 0 aliphatic carbocycles. The zero-order chi connectivity index (χ0) is 15.4.